The van der Waals surface area contributed by atoms with Gasteiger partial charge in [0.2, 0.25) is 0 Å². The van der Waals surface area contributed by atoms with Crippen LogP contribution in [0.5, 0.6) is 11.5 Å². The molecule has 1 aliphatic heterocycles. The standard InChI is InChI=1S/C17H27NO4/c19-16-6-2-3-7-17(16)22-15-14-21-13-12-20-11-10-18-8-4-1-5-9-18/h2-3,6-7,19H,1,4-5,8-15H2. The van der Waals surface area contributed by atoms with E-state index in [1.54, 1.807) is 18.2 Å². The molecule has 2 rings (SSSR count). The number of hydrogen-bond donors (Lipinski definition) is 1. The summed E-state index contributed by atoms with van der Waals surface area (Å²) in [7, 11) is 0. The zero-order valence-corrected chi connectivity index (χ0v) is 13.2. The van der Waals surface area contributed by atoms with Gasteiger partial charge in [-0.25, -0.2) is 0 Å². The van der Waals surface area contributed by atoms with E-state index in [0.29, 0.717) is 32.2 Å². The number of rotatable bonds is 10. The second-order valence-corrected chi connectivity index (χ2v) is 5.44. The average molecular weight is 309 g/mol. The summed E-state index contributed by atoms with van der Waals surface area (Å²) in [6.45, 7) is 6.32. The molecule has 1 N–H and O–H groups in total. The average Bonchev–Trinajstić information content (AvgIpc) is 2.56. The molecular formula is C17H27NO4. The van der Waals surface area contributed by atoms with Crippen molar-refractivity contribution in [2.24, 2.45) is 0 Å². The molecule has 0 amide bonds. The summed E-state index contributed by atoms with van der Waals surface area (Å²) in [4.78, 5) is 2.46. The van der Waals surface area contributed by atoms with E-state index < -0.39 is 0 Å². The largest absolute Gasteiger partial charge is 0.504 e. The maximum atomic E-state index is 9.53. The molecule has 0 aliphatic carbocycles. The Labute approximate surface area is 132 Å². The van der Waals surface area contributed by atoms with Crippen LogP contribution in [-0.2, 0) is 9.47 Å². The Bertz CT molecular complexity index is 407. The van der Waals surface area contributed by atoms with Crippen LogP contribution in [0.2, 0.25) is 0 Å². The predicted molar refractivity (Wildman–Crippen MR) is 85.5 cm³/mol. The van der Waals surface area contributed by atoms with Crippen molar-refractivity contribution >= 4 is 0 Å². The monoisotopic (exact) mass is 309 g/mol. The second kappa shape index (κ2) is 10.4. The number of benzene rings is 1. The van der Waals surface area contributed by atoms with Crippen molar-refractivity contribution in [3.8, 4) is 11.5 Å². The van der Waals surface area contributed by atoms with Crippen LogP contribution in [0.25, 0.3) is 0 Å². The normalized spacial score (nSPS) is 15.8. The fourth-order valence-electron chi connectivity index (χ4n) is 2.49. The van der Waals surface area contributed by atoms with E-state index in [1.165, 1.54) is 32.4 Å². The fourth-order valence-corrected chi connectivity index (χ4v) is 2.49. The fraction of sp³-hybridized carbons (Fsp3) is 0.647. The highest BCUT2D eigenvalue weighted by Crippen LogP contribution is 2.23. The molecule has 5 nitrogen and oxygen atoms in total. The summed E-state index contributed by atoms with van der Waals surface area (Å²) < 4.78 is 16.4. The van der Waals surface area contributed by atoms with E-state index in [0.717, 1.165) is 13.2 Å². The van der Waals surface area contributed by atoms with E-state index >= 15 is 0 Å². The molecule has 5 heteroatoms. The number of hydrogen-bond acceptors (Lipinski definition) is 5. The molecule has 0 radical (unpaired) electrons. The van der Waals surface area contributed by atoms with E-state index in [1.807, 2.05) is 6.07 Å². The van der Waals surface area contributed by atoms with E-state index in [9.17, 15) is 5.11 Å². The van der Waals surface area contributed by atoms with Crippen LogP contribution in [0.3, 0.4) is 0 Å². The van der Waals surface area contributed by atoms with Gasteiger partial charge in [0, 0.05) is 6.54 Å². The minimum atomic E-state index is 0.156. The van der Waals surface area contributed by atoms with Gasteiger partial charge in [0.05, 0.1) is 26.4 Å². The Hall–Kier alpha value is -1.30. The molecule has 0 aromatic heterocycles. The minimum absolute atomic E-state index is 0.156. The molecule has 22 heavy (non-hydrogen) atoms. The summed E-state index contributed by atoms with van der Waals surface area (Å²) in [5.74, 6) is 0.646. The van der Waals surface area contributed by atoms with Gasteiger partial charge in [0.25, 0.3) is 0 Å². The first-order valence-corrected chi connectivity index (χ1v) is 8.15. The third-order valence-electron chi connectivity index (χ3n) is 3.72. The molecule has 1 aromatic carbocycles. The number of piperidine rings is 1. The lowest BCUT2D eigenvalue weighted by Crippen LogP contribution is -2.32. The van der Waals surface area contributed by atoms with Crippen LogP contribution in [0.1, 0.15) is 19.3 Å². The number of nitrogens with zero attached hydrogens (tertiary/aromatic N) is 1. The van der Waals surface area contributed by atoms with Gasteiger partial charge in [-0.15, -0.1) is 0 Å². The lowest BCUT2D eigenvalue weighted by Gasteiger charge is -2.26. The smallest absolute Gasteiger partial charge is 0.161 e. The highest BCUT2D eigenvalue weighted by molar-refractivity contribution is 5.37. The number of aromatic hydroxyl groups is 1. The molecule has 0 spiro atoms. The van der Waals surface area contributed by atoms with Crippen molar-refractivity contribution in [2.45, 2.75) is 19.3 Å². The highest BCUT2D eigenvalue weighted by Gasteiger charge is 2.08. The first kappa shape index (κ1) is 17.1. The Morgan fingerprint density at radius 3 is 2.32 bits per heavy atom. The lowest BCUT2D eigenvalue weighted by molar-refractivity contribution is 0.0275. The van der Waals surface area contributed by atoms with Crippen molar-refractivity contribution in [3.05, 3.63) is 24.3 Å². The van der Waals surface area contributed by atoms with Crippen molar-refractivity contribution in [1.82, 2.24) is 4.90 Å². The molecule has 1 heterocycles. The van der Waals surface area contributed by atoms with Gasteiger partial charge in [-0.2, -0.15) is 0 Å². The molecule has 0 bridgehead atoms. The quantitative estimate of drug-likeness (QED) is 0.672. The molecule has 0 atom stereocenters. The Balaban J connectivity index is 1.39. The molecule has 1 fully saturated rings. The number of para-hydroxylation sites is 2. The van der Waals surface area contributed by atoms with Crippen LogP contribution in [0.15, 0.2) is 24.3 Å². The Morgan fingerprint density at radius 1 is 0.864 bits per heavy atom. The third kappa shape index (κ3) is 6.64. The summed E-state index contributed by atoms with van der Waals surface area (Å²) >= 11 is 0. The Morgan fingerprint density at radius 2 is 1.55 bits per heavy atom. The van der Waals surface area contributed by atoms with Gasteiger partial charge >= 0.3 is 0 Å². The molecule has 0 unspecified atom stereocenters. The van der Waals surface area contributed by atoms with Gasteiger partial charge in [-0.1, -0.05) is 18.6 Å². The molecular weight excluding hydrogens is 282 g/mol. The zero-order chi connectivity index (χ0) is 15.5. The van der Waals surface area contributed by atoms with Crippen molar-refractivity contribution in [3.63, 3.8) is 0 Å². The van der Waals surface area contributed by atoms with Crippen LogP contribution < -0.4 is 4.74 Å². The molecule has 0 saturated carbocycles. The first-order chi connectivity index (χ1) is 10.9. The lowest BCUT2D eigenvalue weighted by atomic mass is 10.1. The number of likely N-dealkylation sites (tertiary alicyclic amines) is 1. The zero-order valence-electron chi connectivity index (χ0n) is 13.2. The highest BCUT2D eigenvalue weighted by atomic mass is 16.5. The van der Waals surface area contributed by atoms with Gasteiger partial charge < -0.3 is 24.2 Å². The summed E-state index contributed by atoms with van der Waals surface area (Å²) in [5, 5.41) is 9.53. The summed E-state index contributed by atoms with van der Waals surface area (Å²) in [5.41, 5.74) is 0. The topological polar surface area (TPSA) is 51.2 Å². The van der Waals surface area contributed by atoms with Crippen molar-refractivity contribution in [1.29, 1.82) is 0 Å². The molecule has 1 aliphatic rings. The second-order valence-electron chi connectivity index (χ2n) is 5.44. The SMILES string of the molecule is Oc1ccccc1OCCOCCOCCN1CCCCC1. The van der Waals surface area contributed by atoms with Crippen LogP contribution >= 0.6 is 0 Å². The summed E-state index contributed by atoms with van der Waals surface area (Å²) in [6, 6.07) is 6.93. The molecule has 124 valence electrons. The van der Waals surface area contributed by atoms with E-state index in [4.69, 9.17) is 14.2 Å². The predicted octanol–water partition coefficient (Wildman–Crippen LogP) is 2.29. The number of phenolic OH excluding ortho intramolecular Hbond substituents is 1. The number of ether oxygens (including phenoxy) is 3. The van der Waals surface area contributed by atoms with E-state index in [-0.39, 0.29) is 5.75 Å². The van der Waals surface area contributed by atoms with Crippen LogP contribution in [-0.4, -0.2) is 62.7 Å². The van der Waals surface area contributed by atoms with E-state index in [2.05, 4.69) is 4.90 Å². The maximum absolute atomic E-state index is 9.53. The van der Waals surface area contributed by atoms with Crippen molar-refractivity contribution < 1.29 is 19.3 Å². The molecule has 1 aromatic rings. The molecule has 1 saturated heterocycles. The Kier molecular flexibility index (Phi) is 8.09. The third-order valence-corrected chi connectivity index (χ3v) is 3.72. The van der Waals surface area contributed by atoms with Gasteiger partial charge in [-0.05, 0) is 38.1 Å². The first-order valence-electron chi connectivity index (χ1n) is 8.15. The summed E-state index contributed by atoms with van der Waals surface area (Å²) in [6.07, 6.45) is 4.01. The van der Waals surface area contributed by atoms with Crippen LogP contribution in [0.4, 0.5) is 0 Å². The van der Waals surface area contributed by atoms with Crippen LogP contribution in [0, 0.1) is 0 Å². The number of phenols is 1. The van der Waals surface area contributed by atoms with Crippen molar-refractivity contribution in [2.75, 3.05) is 52.7 Å². The van der Waals surface area contributed by atoms with Gasteiger partial charge in [-0.3, -0.25) is 0 Å². The van der Waals surface area contributed by atoms with Gasteiger partial charge in [0.1, 0.15) is 6.61 Å². The minimum Gasteiger partial charge on any atom is -0.504 e. The maximum Gasteiger partial charge on any atom is 0.161 e. The van der Waals surface area contributed by atoms with Gasteiger partial charge in [0.15, 0.2) is 11.5 Å².